The van der Waals surface area contributed by atoms with E-state index in [0.29, 0.717) is 6.42 Å². The Labute approximate surface area is 104 Å². The monoisotopic (exact) mass is 237 g/mol. The summed E-state index contributed by atoms with van der Waals surface area (Å²) in [6.07, 6.45) is 1.26. The summed E-state index contributed by atoms with van der Waals surface area (Å²) in [4.78, 5) is 14.4. The predicted molar refractivity (Wildman–Crippen MR) is 69.0 cm³/mol. The third-order valence-corrected chi connectivity index (χ3v) is 3.72. The summed E-state index contributed by atoms with van der Waals surface area (Å²) in [6, 6.07) is 1.98. The Balaban J connectivity index is 2.88. The van der Waals surface area contributed by atoms with Crippen molar-refractivity contribution in [3.05, 3.63) is 17.5 Å². The number of Topliss-reactive ketones (excluding diaryl/α,β-unsaturated/α-hetero) is 1. The molecule has 1 atom stereocenters. The highest BCUT2D eigenvalue weighted by molar-refractivity contribution is 5.89. The van der Waals surface area contributed by atoms with E-state index in [1.807, 2.05) is 52.9 Å². The van der Waals surface area contributed by atoms with Crippen LogP contribution in [0.15, 0.2) is 6.07 Å². The third-order valence-electron chi connectivity index (χ3n) is 3.72. The molecule has 1 aromatic heterocycles. The molecule has 0 aliphatic heterocycles. The van der Waals surface area contributed by atoms with Crippen LogP contribution in [-0.2, 0) is 18.3 Å². The second kappa shape index (κ2) is 5.00. The van der Waals surface area contributed by atoms with Gasteiger partial charge in [-0.15, -0.1) is 0 Å². The van der Waals surface area contributed by atoms with Crippen LogP contribution >= 0.6 is 0 Å². The van der Waals surface area contributed by atoms with E-state index in [1.54, 1.807) is 4.68 Å². The topological polar surface area (TPSA) is 38.1 Å². The number of rotatable bonds is 5. The number of hydrogen-bond acceptors (Lipinski definition) is 3. The first-order valence-corrected chi connectivity index (χ1v) is 6.01. The summed E-state index contributed by atoms with van der Waals surface area (Å²) in [5, 5.41) is 4.27. The van der Waals surface area contributed by atoms with Gasteiger partial charge in [0.2, 0.25) is 0 Å². The van der Waals surface area contributed by atoms with Crippen LogP contribution in [-0.4, -0.2) is 40.1 Å². The molecule has 0 aromatic carbocycles. The fourth-order valence-corrected chi connectivity index (χ4v) is 1.95. The maximum absolute atomic E-state index is 12.4. The van der Waals surface area contributed by atoms with Gasteiger partial charge in [0.1, 0.15) is 0 Å². The molecule has 0 amide bonds. The molecule has 0 bridgehead atoms. The number of carbonyl (C=O) groups is 1. The first kappa shape index (κ1) is 13.9. The Bertz CT molecular complexity index is 409. The lowest BCUT2D eigenvalue weighted by molar-refractivity contribution is -0.128. The number of nitrogens with zero attached hydrogens (tertiary/aromatic N) is 3. The van der Waals surface area contributed by atoms with Crippen molar-refractivity contribution in [2.45, 2.75) is 39.2 Å². The van der Waals surface area contributed by atoms with Gasteiger partial charge in [0.25, 0.3) is 0 Å². The highest BCUT2D eigenvalue weighted by atomic mass is 16.1. The zero-order valence-corrected chi connectivity index (χ0v) is 11.7. The molecule has 0 N–H and O–H groups in total. The molecule has 0 aliphatic carbocycles. The average Bonchev–Trinajstić information content (AvgIpc) is 2.55. The maximum atomic E-state index is 12.4. The Morgan fingerprint density at radius 1 is 1.53 bits per heavy atom. The second-order valence-corrected chi connectivity index (χ2v) is 5.02. The summed E-state index contributed by atoms with van der Waals surface area (Å²) in [5.74, 6) is 0.244. The van der Waals surface area contributed by atoms with Gasteiger partial charge in [-0.05, 0) is 40.4 Å². The minimum Gasteiger partial charge on any atom is -0.297 e. The van der Waals surface area contributed by atoms with Gasteiger partial charge in [-0.25, -0.2) is 0 Å². The lowest BCUT2D eigenvalue weighted by Crippen LogP contribution is -2.48. The zero-order chi connectivity index (χ0) is 13.2. The van der Waals surface area contributed by atoms with Crippen molar-refractivity contribution in [1.82, 2.24) is 14.7 Å². The van der Waals surface area contributed by atoms with Crippen LogP contribution < -0.4 is 0 Å². The Hall–Kier alpha value is -1.16. The SMILES string of the molecule is CCC(C)(C(=O)Cc1cc(C)nn1C)N(C)C. The van der Waals surface area contributed by atoms with Crippen molar-refractivity contribution in [2.75, 3.05) is 14.1 Å². The van der Waals surface area contributed by atoms with Crippen molar-refractivity contribution in [3.8, 4) is 0 Å². The van der Waals surface area contributed by atoms with Crippen LogP contribution in [0.3, 0.4) is 0 Å². The average molecular weight is 237 g/mol. The number of aromatic nitrogens is 2. The second-order valence-electron chi connectivity index (χ2n) is 5.02. The first-order valence-electron chi connectivity index (χ1n) is 6.01. The summed E-state index contributed by atoms with van der Waals surface area (Å²) >= 11 is 0. The molecular weight excluding hydrogens is 214 g/mol. The van der Waals surface area contributed by atoms with Gasteiger partial charge in [-0.2, -0.15) is 5.10 Å². The highest BCUT2D eigenvalue weighted by Gasteiger charge is 2.33. The van der Waals surface area contributed by atoms with Crippen molar-refractivity contribution in [2.24, 2.45) is 7.05 Å². The van der Waals surface area contributed by atoms with E-state index in [4.69, 9.17) is 0 Å². The molecule has 1 unspecified atom stereocenters. The van der Waals surface area contributed by atoms with Crippen LogP contribution in [0, 0.1) is 6.92 Å². The van der Waals surface area contributed by atoms with E-state index in [0.717, 1.165) is 17.8 Å². The largest absolute Gasteiger partial charge is 0.297 e. The van der Waals surface area contributed by atoms with Gasteiger partial charge in [-0.1, -0.05) is 6.92 Å². The number of likely N-dealkylation sites (N-methyl/N-ethyl adjacent to an activating group) is 1. The van der Waals surface area contributed by atoms with Gasteiger partial charge in [-0.3, -0.25) is 14.4 Å². The van der Waals surface area contributed by atoms with E-state index < -0.39 is 5.54 Å². The summed E-state index contributed by atoms with van der Waals surface area (Å²) in [6.45, 7) is 5.99. The van der Waals surface area contributed by atoms with Crippen molar-refractivity contribution in [1.29, 1.82) is 0 Å². The molecule has 0 fully saturated rings. The fourth-order valence-electron chi connectivity index (χ4n) is 1.95. The molecule has 1 rings (SSSR count). The highest BCUT2D eigenvalue weighted by Crippen LogP contribution is 2.20. The van der Waals surface area contributed by atoms with E-state index in [1.165, 1.54) is 0 Å². The lowest BCUT2D eigenvalue weighted by atomic mass is 9.89. The van der Waals surface area contributed by atoms with Crippen LogP contribution in [0.5, 0.6) is 0 Å². The summed E-state index contributed by atoms with van der Waals surface area (Å²) in [5.41, 5.74) is 1.55. The van der Waals surface area contributed by atoms with Crippen molar-refractivity contribution in [3.63, 3.8) is 0 Å². The molecule has 0 aliphatic rings. The molecule has 0 radical (unpaired) electrons. The van der Waals surface area contributed by atoms with Crippen molar-refractivity contribution >= 4 is 5.78 Å². The molecular formula is C13H23N3O. The van der Waals surface area contributed by atoms with Gasteiger partial charge in [0.05, 0.1) is 17.7 Å². The quantitative estimate of drug-likeness (QED) is 0.780. The standard InChI is InChI=1S/C13H23N3O/c1-7-13(3,15(4)5)12(17)9-11-8-10(2)14-16(11)6/h8H,7,9H2,1-6H3. The minimum absolute atomic E-state index is 0.244. The summed E-state index contributed by atoms with van der Waals surface area (Å²) in [7, 11) is 5.79. The Morgan fingerprint density at radius 2 is 2.12 bits per heavy atom. The van der Waals surface area contributed by atoms with E-state index in [2.05, 4.69) is 5.10 Å². The van der Waals surface area contributed by atoms with Gasteiger partial charge in [0, 0.05) is 12.7 Å². The normalized spacial score (nSPS) is 15.0. The number of ketones is 1. The van der Waals surface area contributed by atoms with Gasteiger partial charge in [0.15, 0.2) is 5.78 Å². The minimum atomic E-state index is -0.391. The molecule has 96 valence electrons. The van der Waals surface area contributed by atoms with Crippen molar-refractivity contribution < 1.29 is 4.79 Å². The summed E-state index contributed by atoms with van der Waals surface area (Å²) < 4.78 is 1.79. The predicted octanol–water partition coefficient (Wildman–Crippen LogP) is 1.57. The third kappa shape index (κ3) is 2.75. The van der Waals surface area contributed by atoms with E-state index in [-0.39, 0.29) is 5.78 Å². The molecule has 17 heavy (non-hydrogen) atoms. The van der Waals surface area contributed by atoms with Gasteiger partial charge < -0.3 is 0 Å². The lowest BCUT2D eigenvalue weighted by Gasteiger charge is -2.34. The fraction of sp³-hybridized carbons (Fsp3) is 0.692. The molecule has 0 spiro atoms. The smallest absolute Gasteiger partial charge is 0.158 e. The molecule has 4 nitrogen and oxygen atoms in total. The van der Waals surface area contributed by atoms with Crippen LogP contribution in [0.1, 0.15) is 31.7 Å². The van der Waals surface area contributed by atoms with Crippen LogP contribution in [0.25, 0.3) is 0 Å². The molecule has 0 saturated heterocycles. The number of carbonyl (C=O) groups excluding carboxylic acids is 1. The number of aryl methyl sites for hydroxylation is 2. The van der Waals surface area contributed by atoms with Gasteiger partial charge >= 0.3 is 0 Å². The Kier molecular flexibility index (Phi) is 4.09. The number of hydrogen-bond donors (Lipinski definition) is 0. The van der Waals surface area contributed by atoms with E-state index in [9.17, 15) is 4.79 Å². The zero-order valence-electron chi connectivity index (χ0n) is 11.7. The molecule has 1 heterocycles. The van der Waals surface area contributed by atoms with Crippen LogP contribution in [0.4, 0.5) is 0 Å². The Morgan fingerprint density at radius 3 is 2.47 bits per heavy atom. The molecule has 4 heteroatoms. The molecule has 0 saturated carbocycles. The maximum Gasteiger partial charge on any atom is 0.158 e. The van der Waals surface area contributed by atoms with Crippen LogP contribution in [0.2, 0.25) is 0 Å². The first-order chi connectivity index (χ1) is 7.81. The molecule has 1 aromatic rings. The van der Waals surface area contributed by atoms with E-state index >= 15 is 0 Å².